The first-order chi connectivity index (χ1) is 9.92. The van der Waals surface area contributed by atoms with Crippen molar-refractivity contribution in [2.24, 2.45) is 0 Å². The highest BCUT2D eigenvalue weighted by atomic mass is 35.5. The van der Waals surface area contributed by atoms with E-state index in [1.54, 1.807) is 25.1 Å². The van der Waals surface area contributed by atoms with Crippen LogP contribution in [0.2, 0.25) is 10.0 Å². The van der Waals surface area contributed by atoms with Crippen LogP contribution in [0.25, 0.3) is 0 Å². The number of carbonyl (C=O) groups excluding carboxylic acids is 1. The lowest BCUT2D eigenvalue weighted by molar-refractivity contribution is -0.137. The van der Waals surface area contributed by atoms with Gasteiger partial charge in [-0.15, -0.1) is 0 Å². The van der Waals surface area contributed by atoms with Gasteiger partial charge in [0.1, 0.15) is 5.82 Å². The molecule has 2 atom stereocenters. The van der Waals surface area contributed by atoms with Gasteiger partial charge in [-0.25, -0.2) is 4.39 Å². The van der Waals surface area contributed by atoms with Gasteiger partial charge in [-0.1, -0.05) is 41.4 Å². The number of benzene rings is 2. The summed E-state index contributed by atoms with van der Waals surface area (Å²) in [7, 11) is 0. The fraction of sp³-hybridized carbons (Fsp3) is 0.188. The van der Waals surface area contributed by atoms with Gasteiger partial charge in [0.25, 0.3) is 0 Å². The molecule has 0 saturated carbocycles. The summed E-state index contributed by atoms with van der Waals surface area (Å²) in [5.74, 6) is -0.658. The number of β-lactam (4-membered cyclic amide) rings is 1. The molecule has 1 aliphatic heterocycles. The Bertz CT molecular complexity index is 717. The molecule has 5 heteroatoms. The maximum atomic E-state index is 13.7. The summed E-state index contributed by atoms with van der Waals surface area (Å²) < 4.78 is 13.7. The number of hydrogen-bond acceptors (Lipinski definition) is 1. The molecule has 0 aromatic heterocycles. The fourth-order valence-electron chi connectivity index (χ4n) is 2.67. The van der Waals surface area contributed by atoms with Gasteiger partial charge in [0, 0.05) is 5.02 Å². The number of halogens is 3. The van der Waals surface area contributed by atoms with Crippen molar-refractivity contribution >= 4 is 29.1 Å². The molecule has 1 N–H and O–H groups in total. The van der Waals surface area contributed by atoms with Crippen LogP contribution in [0.1, 0.15) is 24.1 Å². The maximum absolute atomic E-state index is 13.7. The first-order valence-electron chi connectivity index (χ1n) is 6.45. The Hall–Kier alpha value is -1.58. The zero-order valence-corrected chi connectivity index (χ0v) is 12.7. The molecule has 3 rings (SSSR count). The van der Waals surface area contributed by atoms with Crippen LogP contribution in [0.3, 0.4) is 0 Å². The van der Waals surface area contributed by atoms with Crippen molar-refractivity contribution in [1.29, 1.82) is 0 Å². The second kappa shape index (κ2) is 5.00. The Morgan fingerprint density at radius 3 is 2.38 bits per heavy atom. The monoisotopic (exact) mass is 323 g/mol. The van der Waals surface area contributed by atoms with Crippen LogP contribution >= 0.6 is 23.2 Å². The molecule has 0 aliphatic carbocycles. The Morgan fingerprint density at radius 2 is 1.81 bits per heavy atom. The van der Waals surface area contributed by atoms with Crippen LogP contribution in [0.5, 0.6) is 0 Å². The summed E-state index contributed by atoms with van der Waals surface area (Å²) in [6.45, 7) is 1.80. The third-order valence-corrected chi connectivity index (χ3v) is 4.61. The van der Waals surface area contributed by atoms with E-state index >= 15 is 0 Å². The van der Waals surface area contributed by atoms with E-state index in [0.29, 0.717) is 10.6 Å². The van der Waals surface area contributed by atoms with Gasteiger partial charge in [-0.2, -0.15) is 0 Å². The molecule has 0 bridgehead atoms. The van der Waals surface area contributed by atoms with E-state index in [0.717, 1.165) is 5.56 Å². The van der Waals surface area contributed by atoms with Crippen molar-refractivity contribution in [2.45, 2.75) is 18.4 Å². The Morgan fingerprint density at radius 1 is 1.14 bits per heavy atom. The molecule has 2 nitrogen and oxygen atoms in total. The highest BCUT2D eigenvalue weighted by Crippen LogP contribution is 2.45. The van der Waals surface area contributed by atoms with Crippen LogP contribution in [-0.4, -0.2) is 5.91 Å². The largest absolute Gasteiger partial charge is 0.347 e. The van der Waals surface area contributed by atoms with Crippen LogP contribution in [0, 0.1) is 5.82 Å². The molecule has 2 aromatic carbocycles. The minimum atomic E-state index is -0.820. The summed E-state index contributed by atoms with van der Waals surface area (Å²) in [5.41, 5.74) is 0.712. The van der Waals surface area contributed by atoms with Crippen molar-refractivity contribution in [1.82, 2.24) is 5.32 Å². The molecular weight excluding hydrogens is 312 g/mol. The van der Waals surface area contributed by atoms with Crippen LogP contribution < -0.4 is 5.32 Å². The third kappa shape index (κ3) is 2.21. The lowest BCUT2D eigenvalue weighted by Crippen LogP contribution is -2.62. The molecule has 1 fully saturated rings. The van der Waals surface area contributed by atoms with Gasteiger partial charge in [-0.05, 0) is 42.3 Å². The van der Waals surface area contributed by atoms with Gasteiger partial charge >= 0.3 is 0 Å². The molecule has 21 heavy (non-hydrogen) atoms. The van der Waals surface area contributed by atoms with E-state index in [9.17, 15) is 9.18 Å². The third-order valence-electron chi connectivity index (χ3n) is 4.05. The number of hydrogen-bond donors (Lipinski definition) is 1. The lowest BCUT2D eigenvalue weighted by Gasteiger charge is -2.47. The average molecular weight is 324 g/mol. The standard InChI is InChI=1S/C16H12Cl2FNO/c1-16(10-4-7-12(18)13(19)8-10)14(20-15(16)21)9-2-5-11(17)6-3-9/h2-8,14H,1H3,(H,20,21)/t14-,16+/m1/s1. The fourth-order valence-corrected chi connectivity index (χ4v) is 2.91. The first-order valence-corrected chi connectivity index (χ1v) is 7.20. The molecule has 2 aromatic rings. The van der Waals surface area contributed by atoms with Gasteiger partial charge in [-0.3, -0.25) is 4.79 Å². The first kappa shape index (κ1) is 14.4. The zero-order valence-electron chi connectivity index (χ0n) is 11.2. The van der Waals surface area contributed by atoms with E-state index in [2.05, 4.69) is 5.32 Å². The predicted octanol–water partition coefficient (Wildman–Crippen LogP) is 4.26. The zero-order chi connectivity index (χ0) is 15.2. The molecule has 0 radical (unpaired) electrons. The number of carbonyl (C=O) groups is 1. The van der Waals surface area contributed by atoms with Crippen molar-refractivity contribution in [2.75, 3.05) is 0 Å². The highest BCUT2D eigenvalue weighted by Gasteiger charge is 2.53. The molecule has 108 valence electrons. The topological polar surface area (TPSA) is 29.1 Å². The number of rotatable bonds is 2. The van der Waals surface area contributed by atoms with Crippen molar-refractivity contribution < 1.29 is 9.18 Å². The summed E-state index contributed by atoms with van der Waals surface area (Å²) in [6, 6.07) is 11.5. The minimum absolute atomic E-state index is 0.0464. The number of nitrogens with one attached hydrogen (secondary N) is 1. The Kier molecular flexibility index (Phi) is 3.42. The molecule has 1 heterocycles. The lowest BCUT2D eigenvalue weighted by atomic mass is 9.67. The molecular formula is C16H12Cl2FNO. The van der Waals surface area contributed by atoms with Crippen LogP contribution in [-0.2, 0) is 10.2 Å². The predicted molar refractivity (Wildman–Crippen MR) is 81.1 cm³/mol. The molecule has 0 unspecified atom stereocenters. The summed E-state index contributed by atoms with van der Waals surface area (Å²) >= 11 is 11.6. The molecule has 1 aliphatic rings. The average Bonchev–Trinajstić information content (AvgIpc) is 2.48. The molecule has 1 amide bonds. The summed E-state index contributed by atoms with van der Waals surface area (Å²) in [6.07, 6.45) is 0. The number of amides is 1. The van der Waals surface area contributed by atoms with Crippen molar-refractivity contribution in [3.8, 4) is 0 Å². The van der Waals surface area contributed by atoms with Crippen molar-refractivity contribution in [3.63, 3.8) is 0 Å². The highest BCUT2D eigenvalue weighted by molar-refractivity contribution is 6.31. The van der Waals surface area contributed by atoms with E-state index < -0.39 is 11.2 Å². The van der Waals surface area contributed by atoms with E-state index in [4.69, 9.17) is 23.2 Å². The van der Waals surface area contributed by atoms with E-state index in [1.165, 1.54) is 12.1 Å². The second-order valence-corrected chi connectivity index (χ2v) is 6.13. The summed E-state index contributed by atoms with van der Waals surface area (Å²) in [5, 5.41) is 3.54. The Balaban J connectivity index is 2.02. The van der Waals surface area contributed by atoms with E-state index in [-0.39, 0.29) is 17.0 Å². The van der Waals surface area contributed by atoms with Gasteiger partial charge in [0.15, 0.2) is 0 Å². The second-order valence-electron chi connectivity index (χ2n) is 5.29. The van der Waals surface area contributed by atoms with Gasteiger partial charge < -0.3 is 5.32 Å². The normalized spacial score (nSPS) is 24.4. The maximum Gasteiger partial charge on any atom is 0.233 e. The SMILES string of the molecule is C[C@@]1(c2ccc(Cl)c(F)c2)C(=O)N[C@@H]1c1ccc(Cl)cc1. The van der Waals surface area contributed by atoms with Crippen LogP contribution in [0.4, 0.5) is 4.39 Å². The van der Waals surface area contributed by atoms with Crippen LogP contribution in [0.15, 0.2) is 42.5 Å². The minimum Gasteiger partial charge on any atom is -0.347 e. The van der Waals surface area contributed by atoms with Gasteiger partial charge in [0.05, 0.1) is 16.5 Å². The Labute approximate surface area is 131 Å². The van der Waals surface area contributed by atoms with Crippen molar-refractivity contribution in [3.05, 3.63) is 69.5 Å². The molecule has 1 saturated heterocycles. The smallest absolute Gasteiger partial charge is 0.233 e. The van der Waals surface area contributed by atoms with Gasteiger partial charge in [0.2, 0.25) is 5.91 Å². The van der Waals surface area contributed by atoms with E-state index in [1.807, 2.05) is 12.1 Å². The quantitative estimate of drug-likeness (QED) is 0.822. The summed E-state index contributed by atoms with van der Waals surface area (Å²) in [4.78, 5) is 12.1. The molecule has 0 spiro atoms.